The average molecular weight is 955 g/mol. The fourth-order valence-corrected chi connectivity index (χ4v) is 8.23. The maximum Gasteiger partial charge on any atom is 0.306 e. The van der Waals surface area contributed by atoms with Crippen LogP contribution in [0.2, 0.25) is 0 Å². The van der Waals surface area contributed by atoms with E-state index in [2.05, 4.69) is 74.6 Å². The number of unbranched alkanes of at least 4 members (excludes halogenated alkanes) is 27. The second-order valence-corrected chi connectivity index (χ2v) is 20.2. The van der Waals surface area contributed by atoms with Gasteiger partial charge in [-0.05, 0) is 83.5 Å². The van der Waals surface area contributed by atoms with Crippen LogP contribution in [0.1, 0.15) is 251 Å². The lowest BCUT2D eigenvalue weighted by Crippen LogP contribution is -2.55. The lowest BCUT2D eigenvalue weighted by Gasteiger charge is -2.34. The molecule has 0 heterocycles. The second kappa shape index (κ2) is 50.4. The van der Waals surface area contributed by atoms with Crippen LogP contribution in [0.25, 0.3) is 0 Å². The first-order valence-electron chi connectivity index (χ1n) is 28.3. The smallest absolute Gasteiger partial charge is 0.306 e. The van der Waals surface area contributed by atoms with Crippen LogP contribution in [0.15, 0.2) is 60.8 Å². The third-order valence-corrected chi connectivity index (χ3v) is 12.6. The number of likely N-dealkylation sites (N-methyl/N-ethyl adjacent to an activating group) is 1. The van der Waals surface area contributed by atoms with Crippen molar-refractivity contribution in [2.24, 2.45) is 0 Å². The Hall–Kier alpha value is -2.97. The van der Waals surface area contributed by atoms with Gasteiger partial charge >= 0.3 is 11.9 Å². The van der Waals surface area contributed by atoms with Gasteiger partial charge in [0.2, 0.25) is 0 Å². The predicted octanol–water partition coefficient (Wildman–Crippen LogP) is 15.5. The summed E-state index contributed by atoms with van der Waals surface area (Å²) in [7, 11) is 5.41. The topological polar surface area (TPSA) is 102 Å². The number of ether oxygens (including phenoxy) is 3. The fraction of sp³-hybridized carbons (Fsp3) is 0.783. The van der Waals surface area contributed by atoms with Gasteiger partial charge in [-0.3, -0.25) is 9.59 Å². The first-order valence-corrected chi connectivity index (χ1v) is 28.3. The third-order valence-electron chi connectivity index (χ3n) is 12.6. The van der Waals surface area contributed by atoms with Gasteiger partial charge in [0.1, 0.15) is 12.6 Å². The minimum absolute atomic E-state index is 0.0317. The van der Waals surface area contributed by atoms with Crippen molar-refractivity contribution in [1.29, 1.82) is 0 Å². The van der Waals surface area contributed by atoms with Crippen molar-refractivity contribution < 1.29 is 38.2 Å². The van der Waals surface area contributed by atoms with E-state index >= 15 is 0 Å². The number of quaternary nitrogens is 1. The number of esters is 2. The third kappa shape index (κ3) is 48.1. The Kier molecular flexibility index (Phi) is 48.2. The molecule has 0 saturated heterocycles. The molecule has 8 heteroatoms. The van der Waals surface area contributed by atoms with Crippen LogP contribution in [0.3, 0.4) is 0 Å². The van der Waals surface area contributed by atoms with Crippen molar-refractivity contribution in [2.45, 2.75) is 264 Å². The highest BCUT2D eigenvalue weighted by molar-refractivity contribution is 5.70. The minimum Gasteiger partial charge on any atom is -0.544 e. The van der Waals surface area contributed by atoms with Crippen molar-refractivity contribution in [3.63, 3.8) is 0 Å². The molecule has 0 bridgehead atoms. The molecule has 2 unspecified atom stereocenters. The summed E-state index contributed by atoms with van der Waals surface area (Å²) >= 11 is 0. The molecular weight excluding hydrogens is 847 g/mol. The predicted molar refractivity (Wildman–Crippen MR) is 286 cm³/mol. The normalized spacial score (nSPS) is 13.2. The van der Waals surface area contributed by atoms with Gasteiger partial charge < -0.3 is 28.6 Å². The zero-order chi connectivity index (χ0) is 49.9. The van der Waals surface area contributed by atoms with Gasteiger partial charge in [0, 0.05) is 19.3 Å². The Bertz CT molecular complexity index is 1290. The molecule has 2 atom stereocenters. The molecular formula is C60H107NO7. The SMILES string of the molecule is CCCCC/C=C/C/C=C/C/C=C/C/C=C/CCCCCCCC(=O)OCC(COCCC(C(=O)[O-])[N+](C)(C)C)OC(=O)CCCCCCCCC/C=C/CCCCCCCCCCCCCC. The van der Waals surface area contributed by atoms with E-state index in [9.17, 15) is 19.5 Å². The molecule has 0 aromatic heterocycles. The lowest BCUT2D eigenvalue weighted by atomic mass is 10.0. The molecule has 0 saturated carbocycles. The largest absolute Gasteiger partial charge is 0.544 e. The first-order chi connectivity index (χ1) is 33.1. The zero-order valence-corrected chi connectivity index (χ0v) is 45.0. The molecule has 68 heavy (non-hydrogen) atoms. The Balaban J connectivity index is 4.23. The molecule has 0 aliphatic carbocycles. The van der Waals surface area contributed by atoms with Crippen LogP contribution >= 0.6 is 0 Å². The number of hydrogen-bond acceptors (Lipinski definition) is 7. The number of rotatable bonds is 51. The van der Waals surface area contributed by atoms with E-state index in [-0.39, 0.29) is 42.7 Å². The van der Waals surface area contributed by atoms with E-state index in [1.165, 1.54) is 141 Å². The number of allylic oxidation sites excluding steroid dienone is 10. The number of carboxylic acids is 1. The molecule has 394 valence electrons. The number of nitrogens with zero attached hydrogens (tertiary/aromatic N) is 1. The molecule has 0 aliphatic heterocycles. The number of aliphatic carboxylic acids is 1. The van der Waals surface area contributed by atoms with Gasteiger partial charge in [-0.1, -0.05) is 209 Å². The van der Waals surface area contributed by atoms with Crippen LogP contribution in [-0.2, 0) is 28.6 Å². The fourth-order valence-electron chi connectivity index (χ4n) is 8.23. The molecule has 0 amide bonds. The van der Waals surface area contributed by atoms with Crippen molar-refractivity contribution in [2.75, 3.05) is 41.0 Å². The quantitative estimate of drug-likeness (QED) is 0.0259. The van der Waals surface area contributed by atoms with E-state index in [0.717, 1.165) is 77.0 Å². The van der Waals surface area contributed by atoms with E-state index in [0.29, 0.717) is 12.8 Å². The molecule has 0 rings (SSSR count). The van der Waals surface area contributed by atoms with Crippen molar-refractivity contribution in [3.05, 3.63) is 60.8 Å². The Morgan fingerprint density at radius 1 is 0.441 bits per heavy atom. The van der Waals surface area contributed by atoms with Crippen LogP contribution in [-0.4, -0.2) is 75.5 Å². The van der Waals surface area contributed by atoms with Crippen LogP contribution < -0.4 is 5.11 Å². The Labute approximate surface area is 419 Å². The van der Waals surface area contributed by atoms with Crippen LogP contribution in [0.4, 0.5) is 0 Å². The summed E-state index contributed by atoms with van der Waals surface area (Å²) in [6.45, 7) is 4.64. The van der Waals surface area contributed by atoms with E-state index < -0.39 is 18.1 Å². The lowest BCUT2D eigenvalue weighted by molar-refractivity contribution is -0.889. The summed E-state index contributed by atoms with van der Waals surface area (Å²) < 4.78 is 17.3. The van der Waals surface area contributed by atoms with Gasteiger partial charge in [0.15, 0.2) is 6.10 Å². The summed E-state index contributed by atoms with van der Waals surface area (Å²) in [6, 6.07) is -0.733. The maximum absolute atomic E-state index is 12.8. The maximum atomic E-state index is 12.8. The summed E-state index contributed by atoms with van der Waals surface area (Å²) in [5.41, 5.74) is 0. The summed E-state index contributed by atoms with van der Waals surface area (Å²) in [5.74, 6) is -1.76. The molecule has 0 radical (unpaired) electrons. The van der Waals surface area contributed by atoms with Gasteiger partial charge in [-0.25, -0.2) is 0 Å². The van der Waals surface area contributed by atoms with Gasteiger partial charge in [0.05, 0.1) is 40.3 Å². The summed E-state index contributed by atoms with van der Waals surface area (Å²) in [6.07, 6.45) is 64.0. The van der Waals surface area contributed by atoms with Gasteiger partial charge in [0.25, 0.3) is 0 Å². The second-order valence-electron chi connectivity index (χ2n) is 20.2. The molecule has 0 fully saturated rings. The standard InChI is InChI=1S/C60H107NO7/c1-6-8-10-12-14-16-18-20-22-24-26-28-29-31-33-35-37-39-41-43-45-47-49-51-59(63)68-56(54-66-53-52-57(60(64)65)61(3,4)5)55-67-58(62)50-48-46-44-42-40-38-36-34-32-30-27-25-23-21-19-17-15-13-11-9-7-2/h15,17,21,23,27,30-31,33-34,36,56-57H,6-14,16,18-20,22,24-26,28-29,32,35,37-55H2,1-5H3/b17-15+,23-21+,30-27+,33-31+,36-34+. The molecule has 8 nitrogen and oxygen atoms in total. The zero-order valence-electron chi connectivity index (χ0n) is 45.0. The first kappa shape index (κ1) is 65.0. The highest BCUT2D eigenvalue weighted by Gasteiger charge is 2.25. The Morgan fingerprint density at radius 3 is 1.19 bits per heavy atom. The minimum atomic E-state index is -1.13. The van der Waals surface area contributed by atoms with Crippen LogP contribution in [0, 0.1) is 0 Å². The highest BCUT2D eigenvalue weighted by atomic mass is 16.6. The number of hydrogen-bond donors (Lipinski definition) is 0. The molecule has 0 aromatic rings. The van der Waals surface area contributed by atoms with Crippen molar-refractivity contribution in [3.8, 4) is 0 Å². The molecule has 0 aliphatic rings. The number of carboxylic acid groups (broad SMARTS) is 1. The average Bonchev–Trinajstić information content (AvgIpc) is 3.30. The molecule has 0 spiro atoms. The van der Waals surface area contributed by atoms with Crippen molar-refractivity contribution >= 4 is 17.9 Å². The number of carbonyl (C=O) groups excluding carboxylic acids is 3. The molecule has 0 N–H and O–H groups in total. The number of carbonyl (C=O) groups is 3. The van der Waals surface area contributed by atoms with Crippen molar-refractivity contribution in [1.82, 2.24) is 0 Å². The monoisotopic (exact) mass is 954 g/mol. The van der Waals surface area contributed by atoms with Gasteiger partial charge in [-0.2, -0.15) is 0 Å². The molecule has 0 aromatic carbocycles. The summed E-state index contributed by atoms with van der Waals surface area (Å²) in [4.78, 5) is 37.1. The van der Waals surface area contributed by atoms with Crippen LogP contribution in [0.5, 0.6) is 0 Å². The highest BCUT2D eigenvalue weighted by Crippen LogP contribution is 2.15. The Morgan fingerprint density at radius 2 is 0.779 bits per heavy atom. The van der Waals surface area contributed by atoms with E-state index in [1.807, 2.05) is 0 Å². The summed E-state index contributed by atoms with van der Waals surface area (Å²) in [5, 5.41) is 11.7. The van der Waals surface area contributed by atoms with E-state index in [4.69, 9.17) is 14.2 Å². The van der Waals surface area contributed by atoms with E-state index in [1.54, 1.807) is 21.1 Å². The van der Waals surface area contributed by atoms with Gasteiger partial charge in [-0.15, -0.1) is 0 Å².